The van der Waals surface area contributed by atoms with Crippen LogP contribution in [0.5, 0.6) is 0 Å². The minimum Gasteiger partial charge on any atom is -0.465 e. The van der Waals surface area contributed by atoms with Gasteiger partial charge in [0.05, 0.1) is 12.7 Å². The van der Waals surface area contributed by atoms with Gasteiger partial charge in [-0.25, -0.2) is 4.79 Å². The molecule has 6 heteroatoms. The summed E-state index contributed by atoms with van der Waals surface area (Å²) in [7, 11) is 1.29. The van der Waals surface area contributed by atoms with E-state index in [9.17, 15) is 14.4 Å². The Morgan fingerprint density at radius 2 is 1.81 bits per heavy atom. The molecule has 0 saturated heterocycles. The van der Waals surface area contributed by atoms with E-state index in [2.05, 4.69) is 5.32 Å². The molecule has 1 N–H and O–H groups in total. The fraction of sp³-hybridized carbons (Fsp3) is 0.250. The van der Waals surface area contributed by atoms with E-state index in [0.717, 1.165) is 11.1 Å². The van der Waals surface area contributed by atoms with E-state index >= 15 is 0 Å². The first-order valence-corrected chi connectivity index (χ1v) is 8.15. The second-order valence-corrected chi connectivity index (χ2v) is 6.01. The highest BCUT2D eigenvalue weighted by molar-refractivity contribution is 6.02. The molecular formula is C20H22N2O4. The van der Waals surface area contributed by atoms with Gasteiger partial charge in [-0.3, -0.25) is 9.59 Å². The number of nitrogens with one attached hydrogen (secondary N) is 1. The molecule has 2 aromatic carbocycles. The summed E-state index contributed by atoms with van der Waals surface area (Å²) in [6.45, 7) is 5.05. The van der Waals surface area contributed by atoms with E-state index in [1.54, 1.807) is 18.2 Å². The average Bonchev–Trinajstić information content (AvgIpc) is 2.62. The van der Waals surface area contributed by atoms with Gasteiger partial charge in [-0.05, 0) is 49.2 Å². The second-order valence-electron chi connectivity index (χ2n) is 6.01. The molecule has 0 unspecified atom stereocenters. The van der Waals surface area contributed by atoms with Crippen molar-refractivity contribution in [2.24, 2.45) is 0 Å². The number of amides is 2. The molecule has 0 aliphatic carbocycles. The van der Waals surface area contributed by atoms with Crippen LogP contribution in [0.2, 0.25) is 0 Å². The van der Waals surface area contributed by atoms with Crippen LogP contribution in [0.4, 0.5) is 11.4 Å². The number of carbonyl (C=O) groups is 3. The van der Waals surface area contributed by atoms with E-state index in [-0.39, 0.29) is 18.4 Å². The van der Waals surface area contributed by atoms with Crippen molar-refractivity contribution in [1.29, 1.82) is 0 Å². The number of ether oxygens (including phenoxy) is 1. The van der Waals surface area contributed by atoms with Gasteiger partial charge in [0.15, 0.2) is 0 Å². The molecule has 2 rings (SSSR count). The van der Waals surface area contributed by atoms with Crippen LogP contribution in [0.25, 0.3) is 0 Å². The molecule has 0 atom stereocenters. The number of esters is 1. The number of benzene rings is 2. The summed E-state index contributed by atoms with van der Waals surface area (Å²) in [5, 5.41) is 2.83. The molecule has 0 heterocycles. The molecule has 0 saturated carbocycles. The van der Waals surface area contributed by atoms with Crippen LogP contribution in [0, 0.1) is 13.8 Å². The zero-order chi connectivity index (χ0) is 19.3. The van der Waals surface area contributed by atoms with Gasteiger partial charge in [0, 0.05) is 18.3 Å². The molecular weight excluding hydrogens is 332 g/mol. The van der Waals surface area contributed by atoms with Crippen LogP contribution < -0.4 is 10.2 Å². The summed E-state index contributed by atoms with van der Waals surface area (Å²) in [5.41, 5.74) is 3.44. The van der Waals surface area contributed by atoms with Crippen molar-refractivity contribution in [2.45, 2.75) is 20.8 Å². The number of hydrogen-bond acceptors (Lipinski definition) is 4. The lowest BCUT2D eigenvalue weighted by Crippen LogP contribution is -2.36. The van der Waals surface area contributed by atoms with Gasteiger partial charge in [-0.1, -0.05) is 18.2 Å². The first-order chi connectivity index (χ1) is 12.3. The molecule has 0 aromatic heterocycles. The summed E-state index contributed by atoms with van der Waals surface area (Å²) in [6, 6.07) is 12.2. The largest absolute Gasteiger partial charge is 0.465 e. The molecule has 0 fully saturated rings. The maximum absolute atomic E-state index is 12.4. The summed E-state index contributed by atoms with van der Waals surface area (Å²) in [5.74, 6) is -1.13. The van der Waals surface area contributed by atoms with Crippen LogP contribution in [0.3, 0.4) is 0 Å². The smallest absolute Gasteiger partial charge is 0.337 e. The Bertz CT molecular complexity index is 845. The van der Waals surface area contributed by atoms with E-state index < -0.39 is 5.97 Å². The standard InChI is InChI=1S/C20H22N2O4/c1-13-8-9-14(2)18(10-13)21-19(24)12-22(15(3)23)17-7-5-6-16(11-17)20(25)26-4/h5-11H,12H2,1-4H3,(H,21,24). The maximum atomic E-state index is 12.4. The zero-order valence-electron chi connectivity index (χ0n) is 15.3. The number of aryl methyl sites for hydroxylation is 2. The molecule has 26 heavy (non-hydrogen) atoms. The van der Waals surface area contributed by atoms with Crippen molar-refractivity contribution < 1.29 is 19.1 Å². The molecule has 136 valence electrons. The third kappa shape index (κ3) is 4.69. The Morgan fingerprint density at radius 1 is 1.08 bits per heavy atom. The van der Waals surface area contributed by atoms with Gasteiger partial charge < -0.3 is 15.0 Å². The van der Waals surface area contributed by atoms with Crippen molar-refractivity contribution in [2.75, 3.05) is 23.9 Å². The van der Waals surface area contributed by atoms with E-state index in [4.69, 9.17) is 4.74 Å². The first kappa shape index (κ1) is 19.2. The van der Waals surface area contributed by atoms with E-state index in [1.165, 1.54) is 25.0 Å². The molecule has 0 spiro atoms. The van der Waals surface area contributed by atoms with Crippen LogP contribution in [-0.2, 0) is 14.3 Å². The van der Waals surface area contributed by atoms with Gasteiger partial charge >= 0.3 is 5.97 Å². The number of methoxy groups -OCH3 is 1. The Labute approximate surface area is 152 Å². The summed E-state index contributed by atoms with van der Waals surface area (Å²) < 4.78 is 4.69. The number of rotatable bonds is 5. The SMILES string of the molecule is COC(=O)c1cccc(N(CC(=O)Nc2cc(C)ccc2C)C(C)=O)c1. The highest BCUT2D eigenvalue weighted by Gasteiger charge is 2.18. The van der Waals surface area contributed by atoms with Crippen LogP contribution >= 0.6 is 0 Å². The first-order valence-electron chi connectivity index (χ1n) is 8.15. The van der Waals surface area contributed by atoms with Gasteiger partial charge in [0.2, 0.25) is 11.8 Å². The van der Waals surface area contributed by atoms with Crippen molar-refractivity contribution in [3.63, 3.8) is 0 Å². The van der Waals surface area contributed by atoms with Gasteiger partial charge in [0.1, 0.15) is 6.54 Å². The highest BCUT2D eigenvalue weighted by Crippen LogP contribution is 2.19. The summed E-state index contributed by atoms with van der Waals surface area (Å²) in [4.78, 5) is 37.5. The predicted octanol–water partition coefficient (Wildman–Crippen LogP) is 3.08. The molecule has 0 aliphatic heterocycles. The average molecular weight is 354 g/mol. The van der Waals surface area contributed by atoms with Gasteiger partial charge in [-0.15, -0.1) is 0 Å². The van der Waals surface area contributed by atoms with Crippen LogP contribution in [-0.4, -0.2) is 31.4 Å². The third-order valence-corrected chi connectivity index (χ3v) is 3.93. The van der Waals surface area contributed by atoms with Crippen molar-refractivity contribution in [3.8, 4) is 0 Å². The summed E-state index contributed by atoms with van der Waals surface area (Å²) in [6.07, 6.45) is 0. The molecule has 6 nitrogen and oxygen atoms in total. The molecule has 0 radical (unpaired) electrons. The van der Waals surface area contributed by atoms with Gasteiger partial charge in [0.25, 0.3) is 0 Å². The van der Waals surface area contributed by atoms with Gasteiger partial charge in [-0.2, -0.15) is 0 Å². The topological polar surface area (TPSA) is 75.7 Å². The number of hydrogen-bond donors (Lipinski definition) is 1. The molecule has 2 amide bonds. The minimum absolute atomic E-state index is 0.159. The van der Waals surface area contributed by atoms with E-state index in [1.807, 2.05) is 32.0 Å². The monoisotopic (exact) mass is 354 g/mol. The van der Waals surface area contributed by atoms with Crippen molar-refractivity contribution in [3.05, 3.63) is 59.2 Å². The number of nitrogens with zero attached hydrogens (tertiary/aromatic N) is 1. The number of carbonyl (C=O) groups excluding carboxylic acids is 3. The lowest BCUT2D eigenvalue weighted by molar-refractivity contribution is -0.120. The Morgan fingerprint density at radius 3 is 2.46 bits per heavy atom. The number of anilines is 2. The maximum Gasteiger partial charge on any atom is 0.337 e. The van der Waals surface area contributed by atoms with Crippen molar-refractivity contribution >= 4 is 29.2 Å². The lowest BCUT2D eigenvalue weighted by atomic mass is 10.1. The minimum atomic E-state index is -0.504. The van der Waals surface area contributed by atoms with Crippen LogP contribution in [0.15, 0.2) is 42.5 Å². The fourth-order valence-electron chi connectivity index (χ4n) is 2.51. The quantitative estimate of drug-likeness (QED) is 0.837. The van der Waals surface area contributed by atoms with Crippen LogP contribution in [0.1, 0.15) is 28.4 Å². The molecule has 0 aliphatic rings. The zero-order valence-corrected chi connectivity index (χ0v) is 15.3. The lowest BCUT2D eigenvalue weighted by Gasteiger charge is -2.21. The molecule has 0 bridgehead atoms. The Kier molecular flexibility index (Phi) is 6.11. The fourth-order valence-corrected chi connectivity index (χ4v) is 2.51. The highest BCUT2D eigenvalue weighted by atomic mass is 16.5. The van der Waals surface area contributed by atoms with Crippen molar-refractivity contribution in [1.82, 2.24) is 0 Å². The Balaban J connectivity index is 2.20. The predicted molar refractivity (Wildman–Crippen MR) is 100 cm³/mol. The normalized spacial score (nSPS) is 10.2. The summed E-state index contributed by atoms with van der Waals surface area (Å²) >= 11 is 0. The third-order valence-electron chi connectivity index (χ3n) is 3.93. The second kappa shape index (κ2) is 8.29. The Hall–Kier alpha value is -3.15. The molecule has 2 aromatic rings. The van der Waals surface area contributed by atoms with E-state index in [0.29, 0.717) is 16.9 Å².